The average molecular weight is 345 g/mol. The molecule has 0 radical (unpaired) electrons. The third kappa shape index (κ3) is 3.73. The van der Waals surface area contributed by atoms with Crippen LogP contribution in [0, 0.1) is 27.7 Å². The third-order valence-electron chi connectivity index (χ3n) is 3.40. The molecule has 2 aromatic heterocycles. The summed E-state index contributed by atoms with van der Waals surface area (Å²) in [5.41, 5.74) is 3.94. The van der Waals surface area contributed by atoms with Gasteiger partial charge in [0.1, 0.15) is 19.0 Å². The van der Waals surface area contributed by atoms with Crippen LogP contribution in [-0.4, -0.2) is 28.3 Å². The minimum atomic E-state index is 0.456. The van der Waals surface area contributed by atoms with Gasteiger partial charge in [0.05, 0.1) is 5.69 Å². The summed E-state index contributed by atoms with van der Waals surface area (Å²) in [6.45, 7) is 8.64. The van der Waals surface area contributed by atoms with Gasteiger partial charge in [0.25, 0.3) is 5.19 Å². The topological polar surface area (TPSA) is 70.3 Å². The molecule has 0 bridgehead atoms. The monoisotopic (exact) mass is 345 g/mol. The maximum atomic E-state index is 5.88. The zero-order valence-electron chi connectivity index (χ0n) is 14.1. The van der Waals surface area contributed by atoms with E-state index in [0.29, 0.717) is 30.1 Å². The van der Waals surface area contributed by atoms with Gasteiger partial charge < -0.3 is 14.0 Å². The molecule has 0 saturated carbocycles. The van der Waals surface area contributed by atoms with E-state index >= 15 is 0 Å². The van der Waals surface area contributed by atoms with Gasteiger partial charge in [0.2, 0.25) is 11.7 Å². The van der Waals surface area contributed by atoms with Crippen LogP contribution in [0.4, 0.5) is 0 Å². The maximum absolute atomic E-state index is 5.88. The maximum Gasteiger partial charge on any atom is 0.273 e. The van der Waals surface area contributed by atoms with Gasteiger partial charge in [-0.15, -0.1) is 0 Å². The smallest absolute Gasteiger partial charge is 0.273 e. The molecular formula is C17H19N3O3S. The molecule has 7 heteroatoms. The molecule has 6 nitrogen and oxygen atoms in total. The lowest BCUT2D eigenvalue weighted by Gasteiger charge is -2.13. The number of benzene rings is 1. The summed E-state index contributed by atoms with van der Waals surface area (Å²) in [4.78, 5) is 8.51. The van der Waals surface area contributed by atoms with Crippen LogP contribution in [0.15, 0.2) is 22.0 Å². The highest BCUT2D eigenvalue weighted by molar-refractivity contribution is 7.11. The molecule has 0 amide bonds. The quantitative estimate of drug-likeness (QED) is 0.631. The van der Waals surface area contributed by atoms with Crippen LogP contribution < -0.4 is 9.47 Å². The van der Waals surface area contributed by atoms with Crippen molar-refractivity contribution in [2.24, 2.45) is 0 Å². The molecule has 0 aliphatic heterocycles. The summed E-state index contributed by atoms with van der Waals surface area (Å²) < 4.78 is 16.5. The molecule has 126 valence electrons. The van der Waals surface area contributed by atoms with Gasteiger partial charge in [-0.25, -0.2) is 4.98 Å². The number of nitrogens with zero attached hydrogens (tertiary/aromatic N) is 3. The van der Waals surface area contributed by atoms with E-state index in [9.17, 15) is 0 Å². The van der Waals surface area contributed by atoms with E-state index < -0.39 is 0 Å². The second-order valence-electron chi connectivity index (χ2n) is 5.53. The lowest BCUT2D eigenvalue weighted by molar-refractivity contribution is 0.215. The highest BCUT2D eigenvalue weighted by atomic mass is 32.1. The van der Waals surface area contributed by atoms with Gasteiger partial charge in [-0.1, -0.05) is 16.5 Å². The molecule has 0 spiro atoms. The lowest BCUT2D eigenvalue weighted by atomic mass is 10.1. The molecule has 3 aromatic rings. The van der Waals surface area contributed by atoms with E-state index in [4.69, 9.17) is 14.0 Å². The molecule has 0 N–H and O–H groups in total. The highest BCUT2D eigenvalue weighted by Gasteiger charge is 2.12. The van der Waals surface area contributed by atoms with E-state index in [0.717, 1.165) is 28.1 Å². The predicted octanol–water partition coefficient (Wildman–Crippen LogP) is 3.88. The van der Waals surface area contributed by atoms with Crippen molar-refractivity contribution >= 4 is 11.3 Å². The van der Waals surface area contributed by atoms with Crippen LogP contribution in [0.25, 0.3) is 11.4 Å². The van der Waals surface area contributed by atoms with Crippen molar-refractivity contribution in [1.29, 1.82) is 0 Å². The fourth-order valence-electron chi connectivity index (χ4n) is 2.39. The van der Waals surface area contributed by atoms with E-state index in [1.165, 1.54) is 11.3 Å². The van der Waals surface area contributed by atoms with Crippen molar-refractivity contribution in [2.75, 3.05) is 13.2 Å². The Bertz CT molecular complexity index is 818. The minimum Gasteiger partial charge on any atom is -0.489 e. The van der Waals surface area contributed by atoms with Crippen molar-refractivity contribution in [3.8, 4) is 22.3 Å². The lowest BCUT2D eigenvalue weighted by Crippen LogP contribution is -2.10. The molecule has 0 aliphatic carbocycles. The Morgan fingerprint density at radius 2 is 1.71 bits per heavy atom. The second-order valence-corrected chi connectivity index (χ2v) is 6.35. The Labute approximate surface area is 144 Å². The number of hydrogen-bond acceptors (Lipinski definition) is 7. The second kappa shape index (κ2) is 7.00. The Morgan fingerprint density at radius 3 is 2.29 bits per heavy atom. The first kappa shape index (κ1) is 16.4. The Kier molecular flexibility index (Phi) is 4.80. The Hall–Kier alpha value is -2.41. The summed E-state index contributed by atoms with van der Waals surface area (Å²) in [7, 11) is 0. The molecule has 3 rings (SSSR count). The van der Waals surface area contributed by atoms with Crippen molar-refractivity contribution in [1.82, 2.24) is 15.1 Å². The first-order valence-electron chi connectivity index (χ1n) is 7.62. The van der Waals surface area contributed by atoms with Gasteiger partial charge >= 0.3 is 0 Å². The molecule has 1 aromatic carbocycles. The molecule has 0 unspecified atom stereocenters. The zero-order valence-corrected chi connectivity index (χ0v) is 14.9. The standard InChI is InChI=1S/C17H19N3O3S/c1-10-7-14(16-19-13(4)23-20-16)8-11(2)15(10)21-5-6-22-17-18-12(3)9-24-17/h7-9H,5-6H2,1-4H3. The fourth-order valence-corrected chi connectivity index (χ4v) is 3.07. The average Bonchev–Trinajstić information content (AvgIpc) is 3.14. The molecule has 0 saturated heterocycles. The molecule has 0 aliphatic rings. The van der Waals surface area contributed by atoms with Crippen molar-refractivity contribution < 1.29 is 14.0 Å². The first-order chi connectivity index (χ1) is 11.5. The number of ether oxygens (including phenoxy) is 2. The van der Waals surface area contributed by atoms with E-state index in [2.05, 4.69) is 15.1 Å². The normalized spacial score (nSPS) is 10.8. The van der Waals surface area contributed by atoms with Crippen LogP contribution in [0.1, 0.15) is 22.7 Å². The van der Waals surface area contributed by atoms with Crippen LogP contribution in [-0.2, 0) is 0 Å². The number of rotatable bonds is 6. The number of thiazole rings is 1. The van der Waals surface area contributed by atoms with Gasteiger partial charge in [-0.05, 0) is 44.0 Å². The van der Waals surface area contributed by atoms with Crippen molar-refractivity contribution in [2.45, 2.75) is 27.7 Å². The van der Waals surface area contributed by atoms with E-state index in [-0.39, 0.29) is 0 Å². The first-order valence-corrected chi connectivity index (χ1v) is 8.50. The molecular weight excluding hydrogens is 326 g/mol. The highest BCUT2D eigenvalue weighted by Crippen LogP contribution is 2.29. The molecule has 2 heterocycles. The molecule has 0 fully saturated rings. The predicted molar refractivity (Wildman–Crippen MR) is 91.8 cm³/mol. The van der Waals surface area contributed by atoms with Gasteiger partial charge in [-0.3, -0.25) is 0 Å². The van der Waals surface area contributed by atoms with Gasteiger partial charge in [0.15, 0.2) is 0 Å². The minimum absolute atomic E-state index is 0.456. The third-order valence-corrected chi connectivity index (χ3v) is 4.27. The fraction of sp³-hybridized carbons (Fsp3) is 0.353. The van der Waals surface area contributed by atoms with E-state index in [1.54, 1.807) is 6.92 Å². The number of hydrogen-bond donors (Lipinski definition) is 0. The summed E-state index contributed by atoms with van der Waals surface area (Å²) >= 11 is 1.49. The van der Waals surface area contributed by atoms with Crippen molar-refractivity contribution in [3.05, 3.63) is 40.2 Å². The van der Waals surface area contributed by atoms with E-state index in [1.807, 2.05) is 38.3 Å². The van der Waals surface area contributed by atoms with Gasteiger partial charge in [0, 0.05) is 17.9 Å². The molecule has 0 atom stereocenters. The zero-order chi connectivity index (χ0) is 17.1. The van der Waals surface area contributed by atoms with Crippen LogP contribution in [0.2, 0.25) is 0 Å². The SMILES string of the molecule is Cc1csc(OCCOc2c(C)cc(-c3noc(C)n3)cc2C)n1. The largest absolute Gasteiger partial charge is 0.489 e. The summed E-state index contributed by atoms with van der Waals surface area (Å²) in [5, 5.41) is 6.59. The van der Waals surface area contributed by atoms with Crippen LogP contribution in [0.5, 0.6) is 10.9 Å². The molecule has 24 heavy (non-hydrogen) atoms. The van der Waals surface area contributed by atoms with Crippen LogP contribution >= 0.6 is 11.3 Å². The number of aromatic nitrogens is 3. The summed E-state index contributed by atoms with van der Waals surface area (Å²) in [6.07, 6.45) is 0. The van der Waals surface area contributed by atoms with Crippen molar-refractivity contribution in [3.63, 3.8) is 0 Å². The number of aryl methyl sites for hydroxylation is 4. The Morgan fingerprint density at radius 1 is 1.00 bits per heavy atom. The van der Waals surface area contributed by atoms with Gasteiger partial charge in [-0.2, -0.15) is 4.98 Å². The Balaban J connectivity index is 1.63. The summed E-state index contributed by atoms with van der Waals surface area (Å²) in [5.74, 6) is 2.00. The van der Waals surface area contributed by atoms with Crippen LogP contribution in [0.3, 0.4) is 0 Å². The summed E-state index contributed by atoms with van der Waals surface area (Å²) in [6, 6.07) is 4.00.